The molecule has 0 unspecified atom stereocenters. The summed E-state index contributed by atoms with van der Waals surface area (Å²) in [6, 6.07) is 0. The Kier molecular flexibility index (Phi) is 6.12. The molecule has 5 nitrogen and oxygen atoms in total. The van der Waals surface area contributed by atoms with Gasteiger partial charge in [-0.15, -0.1) is 0 Å². The van der Waals surface area contributed by atoms with Crippen molar-refractivity contribution < 1.29 is 14.7 Å². The molecule has 1 N–H and O–H groups in total. The predicted octanol–water partition coefficient (Wildman–Crippen LogP) is 1.04. The van der Waals surface area contributed by atoms with Crippen LogP contribution in [0.2, 0.25) is 0 Å². The van der Waals surface area contributed by atoms with E-state index in [1.54, 1.807) is 0 Å². The summed E-state index contributed by atoms with van der Waals surface area (Å²) in [5.41, 5.74) is 0. The first kappa shape index (κ1) is 15.0. The molecule has 0 aromatic heterocycles. The van der Waals surface area contributed by atoms with E-state index in [-0.39, 0.29) is 12.5 Å². The molecule has 1 heterocycles. The average molecular weight is 256 g/mol. The van der Waals surface area contributed by atoms with Gasteiger partial charge in [0.15, 0.2) is 0 Å². The molecule has 0 bridgehead atoms. The Morgan fingerprint density at radius 1 is 1.17 bits per heavy atom. The van der Waals surface area contributed by atoms with Crippen molar-refractivity contribution in [3.05, 3.63) is 0 Å². The molecule has 0 aromatic rings. The number of carboxylic acid groups (broad SMARTS) is 1. The fourth-order valence-electron chi connectivity index (χ4n) is 2.14. The minimum Gasteiger partial charge on any atom is -0.480 e. The van der Waals surface area contributed by atoms with E-state index < -0.39 is 5.97 Å². The van der Waals surface area contributed by atoms with E-state index in [4.69, 9.17) is 5.11 Å². The SMILES string of the molecule is CC(C)CCC(=O)N1CCCN(CC(=O)O)CC1. The van der Waals surface area contributed by atoms with Crippen LogP contribution >= 0.6 is 0 Å². The topological polar surface area (TPSA) is 60.9 Å². The van der Waals surface area contributed by atoms with Gasteiger partial charge in [-0.25, -0.2) is 0 Å². The van der Waals surface area contributed by atoms with Gasteiger partial charge >= 0.3 is 5.97 Å². The smallest absolute Gasteiger partial charge is 0.317 e. The third-order valence-corrected chi connectivity index (χ3v) is 3.24. The van der Waals surface area contributed by atoms with E-state index in [9.17, 15) is 9.59 Å². The normalized spacial score (nSPS) is 17.8. The van der Waals surface area contributed by atoms with Gasteiger partial charge in [0.25, 0.3) is 0 Å². The summed E-state index contributed by atoms with van der Waals surface area (Å²) in [5, 5.41) is 8.76. The molecule has 1 rings (SSSR count). The van der Waals surface area contributed by atoms with Crippen molar-refractivity contribution in [2.24, 2.45) is 5.92 Å². The predicted molar refractivity (Wildman–Crippen MR) is 69.3 cm³/mol. The van der Waals surface area contributed by atoms with E-state index in [0.717, 1.165) is 25.9 Å². The highest BCUT2D eigenvalue weighted by Crippen LogP contribution is 2.09. The van der Waals surface area contributed by atoms with E-state index in [2.05, 4.69) is 13.8 Å². The Labute approximate surface area is 109 Å². The molecule has 104 valence electrons. The first-order chi connectivity index (χ1) is 8.49. The summed E-state index contributed by atoms with van der Waals surface area (Å²) in [6.45, 7) is 7.15. The van der Waals surface area contributed by atoms with Gasteiger partial charge < -0.3 is 10.0 Å². The maximum Gasteiger partial charge on any atom is 0.317 e. The maximum atomic E-state index is 12.0. The zero-order valence-corrected chi connectivity index (χ0v) is 11.4. The van der Waals surface area contributed by atoms with Gasteiger partial charge in [0, 0.05) is 32.6 Å². The molecule has 1 saturated heterocycles. The number of hydrogen-bond acceptors (Lipinski definition) is 3. The summed E-state index contributed by atoms with van der Waals surface area (Å²) in [4.78, 5) is 26.4. The number of hydrogen-bond donors (Lipinski definition) is 1. The second-order valence-electron chi connectivity index (χ2n) is 5.34. The van der Waals surface area contributed by atoms with Crippen LogP contribution in [0.4, 0.5) is 0 Å². The molecule has 1 aliphatic rings. The number of carboxylic acids is 1. The highest BCUT2D eigenvalue weighted by atomic mass is 16.4. The monoisotopic (exact) mass is 256 g/mol. The first-order valence-electron chi connectivity index (χ1n) is 6.71. The maximum absolute atomic E-state index is 12.0. The highest BCUT2D eigenvalue weighted by molar-refractivity contribution is 5.76. The van der Waals surface area contributed by atoms with Crippen LogP contribution in [-0.2, 0) is 9.59 Å². The largest absolute Gasteiger partial charge is 0.480 e. The lowest BCUT2D eigenvalue weighted by Crippen LogP contribution is -2.36. The Bertz CT molecular complexity index is 292. The van der Waals surface area contributed by atoms with Crippen molar-refractivity contribution >= 4 is 11.9 Å². The molecule has 0 aliphatic carbocycles. The number of aliphatic carboxylic acids is 1. The zero-order chi connectivity index (χ0) is 13.5. The molecule has 1 fully saturated rings. The Morgan fingerprint density at radius 2 is 1.89 bits per heavy atom. The zero-order valence-electron chi connectivity index (χ0n) is 11.4. The summed E-state index contributed by atoms with van der Waals surface area (Å²) < 4.78 is 0. The van der Waals surface area contributed by atoms with Crippen LogP contribution in [0.3, 0.4) is 0 Å². The molecule has 1 aliphatic heterocycles. The molecule has 0 atom stereocenters. The van der Waals surface area contributed by atoms with E-state index in [1.807, 2.05) is 9.80 Å². The second kappa shape index (κ2) is 7.36. The molecule has 18 heavy (non-hydrogen) atoms. The van der Waals surface area contributed by atoms with Gasteiger partial charge in [-0.1, -0.05) is 13.8 Å². The third kappa shape index (κ3) is 5.49. The van der Waals surface area contributed by atoms with Crippen molar-refractivity contribution in [2.45, 2.75) is 33.1 Å². The van der Waals surface area contributed by atoms with Crippen LogP contribution in [0.15, 0.2) is 0 Å². The van der Waals surface area contributed by atoms with Crippen LogP contribution in [-0.4, -0.2) is 59.5 Å². The first-order valence-corrected chi connectivity index (χ1v) is 6.71. The average Bonchev–Trinajstić information content (AvgIpc) is 2.50. The number of rotatable bonds is 5. The van der Waals surface area contributed by atoms with Crippen LogP contribution in [0.25, 0.3) is 0 Å². The summed E-state index contributed by atoms with van der Waals surface area (Å²) in [7, 11) is 0. The van der Waals surface area contributed by atoms with Crippen molar-refractivity contribution in [3.63, 3.8) is 0 Å². The minimum atomic E-state index is -0.797. The van der Waals surface area contributed by atoms with E-state index in [1.165, 1.54) is 0 Å². The van der Waals surface area contributed by atoms with E-state index in [0.29, 0.717) is 25.4 Å². The fourth-order valence-corrected chi connectivity index (χ4v) is 2.14. The molecule has 0 aromatic carbocycles. The lowest BCUT2D eigenvalue weighted by molar-refractivity contribution is -0.138. The Hall–Kier alpha value is -1.10. The highest BCUT2D eigenvalue weighted by Gasteiger charge is 2.19. The lowest BCUT2D eigenvalue weighted by atomic mass is 10.1. The molecule has 5 heteroatoms. The van der Waals surface area contributed by atoms with Gasteiger partial charge in [-0.05, 0) is 18.8 Å². The number of carbonyl (C=O) groups excluding carboxylic acids is 1. The lowest BCUT2D eigenvalue weighted by Gasteiger charge is -2.21. The molecule has 0 spiro atoms. The number of nitrogens with zero attached hydrogens (tertiary/aromatic N) is 2. The Morgan fingerprint density at radius 3 is 2.50 bits per heavy atom. The fraction of sp³-hybridized carbons (Fsp3) is 0.846. The number of amides is 1. The minimum absolute atomic E-state index is 0.0774. The Balaban J connectivity index is 2.36. The molecule has 0 radical (unpaired) electrons. The van der Waals surface area contributed by atoms with Gasteiger partial charge in [0.2, 0.25) is 5.91 Å². The summed E-state index contributed by atoms with van der Waals surface area (Å²) in [5.74, 6) is -0.0418. The summed E-state index contributed by atoms with van der Waals surface area (Å²) >= 11 is 0. The van der Waals surface area contributed by atoms with Crippen molar-refractivity contribution in [1.29, 1.82) is 0 Å². The third-order valence-electron chi connectivity index (χ3n) is 3.24. The van der Waals surface area contributed by atoms with Gasteiger partial charge in [-0.2, -0.15) is 0 Å². The molecule has 0 saturated carbocycles. The second-order valence-corrected chi connectivity index (χ2v) is 5.34. The number of carbonyl (C=O) groups is 2. The molecular weight excluding hydrogens is 232 g/mol. The van der Waals surface area contributed by atoms with Crippen molar-refractivity contribution in [3.8, 4) is 0 Å². The van der Waals surface area contributed by atoms with Crippen LogP contribution in [0, 0.1) is 5.92 Å². The van der Waals surface area contributed by atoms with Crippen molar-refractivity contribution in [1.82, 2.24) is 9.80 Å². The van der Waals surface area contributed by atoms with Gasteiger partial charge in [0.1, 0.15) is 0 Å². The summed E-state index contributed by atoms with van der Waals surface area (Å²) in [6.07, 6.45) is 2.39. The van der Waals surface area contributed by atoms with Crippen LogP contribution < -0.4 is 0 Å². The van der Waals surface area contributed by atoms with Gasteiger partial charge in [0.05, 0.1) is 6.54 Å². The molecule has 1 amide bonds. The van der Waals surface area contributed by atoms with Crippen molar-refractivity contribution in [2.75, 3.05) is 32.7 Å². The standard InChI is InChI=1S/C13H24N2O3/c1-11(2)4-5-12(16)15-7-3-6-14(8-9-15)10-13(17)18/h11H,3-10H2,1-2H3,(H,17,18). The van der Waals surface area contributed by atoms with Crippen LogP contribution in [0.5, 0.6) is 0 Å². The van der Waals surface area contributed by atoms with E-state index >= 15 is 0 Å². The van der Waals surface area contributed by atoms with Gasteiger partial charge in [-0.3, -0.25) is 14.5 Å². The molecular formula is C13H24N2O3. The quantitative estimate of drug-likeness (QED) is 0.798. The van der Waals surface area contributed by atoms with Crippen LogP contribution in [0.1, 0.15) is 33.1 Å².